The van der Waals surface area contributed by atoms with Gasteiger partial charge in [-0.05, 0) is 43.9 Å². The van der Waals surface area contributed by atoms with Gasteiger partial charge in [0.25, 0.3) is 0 Å². The van der Waals surface area contributed by atoms with Gasteiger partial charge in [0.1, 0.15) is 11.6 Å². The van der Waals surface area contributed by atoms with E-state index >= 15 is 0 Å². The third-order valence-electron chi connectivity index (χ3n) is 6.71. The smallest absolute Gasteiger partial charge is 0.228 e. The lowest BCUT2D eigenvalue weighted by Crippen LogP contribution is -2.38. The van der Waals surface area contributed by atoms with Crippen LogP contribution in [0.25, 0.3) is 0 Å². The number of nitrogens with zero attached hydrogens (tertiary/aromatic N) is 4. The van der Waals surface area contributed by atoms with E-state index in [1.165, 1.54) is 11.1 Å². The molecule has 0 bridgehead atoms. The van der Waals surface area contributed by atoms with Crippen LogP contribution >= 0.6 is 0 Å². The Morgan fingerprint density at radius 1 is 0.938 bits per heavy atom. The molecule has 0 aliphatic carbocycles. The Morgan fingerprint density at radius 2 is 1.66 bits per heavy atom. The molecule has 3 aromatic rings. The number of anilines is 1. The Hall–Kier alpha value is -3.05. The lowest BCUT2D eigenvalue weighted by molar-refractivity contribution is -0.118. The van der Waals surface area contributed by atoms with Crippen LogP contribution in [0.5, 0.6) is 0 Å². The highest BCUT2D eigenvalue weighted by Crippen LogP contribution is 2.32. The summed E-state index contributed by atoms with van der Waals surface area (Å²) in [6.07, 6.45) is 3.17. The first kappa shape index (κ1) is 20.8. The standard InChI is InChI=1S/C27H30N4O/c1-20-24-12-13-25(32)31(17-14-21-8-4-2-5-9-21)27(24)29-26(28-20)23-15-16-30(19-23)18-22-10-6-3-7-11-22/h2-11,23H,12-19H2,1H3. The molecule has 32 heavy (non-hydrogen) atoms. The Kier molecular flexibility index (Phi) is 5.99. The number of aromatic nitrogens is 2. The highest BCUT2D eigenvalue weighted by molar-refractivity contribution is 5.95. The minimum Gasteiger partial charge on any atom is -0.298 e. The number of fused-ring (bicyclic) bond motifs is 1. The predicted molar refractivity (Wildman–Crippen MR) is 127 cm³/mol. The fourth-order valence-electron chi connectivity index (χ4n) is 4.93. The number of amides is 1. The summed E-state index contributed by atoms with van der Waals surface area (Å²) in [7, 11) is 0. The molecular formula is C27H30N4O. The van der Waals surface area contributed by atoms with E-state index in [4.69, 9.17) is 9.97 Å². The number of hydrogen-bond donors (Lipinski definition) is 0. The van der Waals surface area contributed by atoms with Gasteiger partial charge in [-0.1, -0.05) is 60.7 Å². The van der Waals surface area contributed by atoms with Crippen molar-refractivity contribution in [1.29, 1.82) is 0 Å². The first-order valence-corrected chi connectivity index (χ1v) is 11.7. The lowest BCUT2D eigenvalue weighted by atomic mass is 10.0. The summed E-state index contributed by atoms with van der Waals surface area (Å²) in [6, 6.07) is 21.0. The van der Waals surface area contributed by atoms with Crippen LogP contribution in [0, 0.1) is 6.92 Å². The van der Waals surface area contributed by atoms with E-state index in [2.05, 4.69) is 54.3 Å². The second-order valence-electron chi connectivity index (χ2n) is 8.96. The first-order chi connectivity index (χ1) is 15.7. The number of carbonyl (C=O) groups excluding carboxylic acids is 1. The molecule has 1 aromatic heterocycles. The molecule has 5 heteroatoms. The number of carbonyl (C=O) groups is 1. The summed E-state index contributed by atoms with van der Waals surface area (Å²) in [4.78, 5) is 27.1. The summed E-state index contributed by atoms with van der Waals surface area (Å²) in [6.45, 7) is 5.71. The normalized spacial score (nSPS) is 18.7. The fourth-order valence-corrected chi connectivity index (χ4v) is 4.93. The maximum Gasteiger partial charge on any atom is 0.228 e. The third-order valence-corrected chi connectivity index (χ3v) is 6.71. The van der Waals surface area contributed by atoms with Gasteiger partial charge >= 0.3 is 0 Å². The molecule has 0 saturated carbocycles. The quantitative estimate of drug-likeness (QED) is 0.590. The van der Waals surface area contributed by atoms with Crippen LogP contribution in [0.2, 0.25) is 0 Å². The maximum absolute atomic E-state index is 12.8. The van der Waals surface area contributed by atoms with Crippen molar-refractivity contribution in [2.75, 3.05) is 24.5 Å². The van der Waals surface area contributed by atoms with Crippen molar-refractivity contribution in [2.45, 2.75) is 45.1 Å². The summed E-state index contributed by atoms with van der Waals surface area (Å²) in [5.74, 6) is 2.24. The molecule has 0 radical (unpaired) electrons. The summed E-state index contributed by atoms with van der Waals surface area (Å²) in [5, 5.41) is 0. The Balaban J connectivity index is 1.34. The topological polar surface area (TPSA) is 49.3 Å². The van der Waals surface area contributed by atoms with Crippen LogP contribution in [0.4, 0.5) is 5.82 Å². The molecule has 0 N–H and O–H groups in total. The van der Waals surface area contributed by atoms with Gasteiger partial charge < -0.3 is 0 Å². The summed E-state index contributed by atoms with van der Waals surface area (Å²) >= 11 is 0. The second kappa shape index (κ2) is 9.21. The molecular weight excluding hydrogens is 396 g/mol. The molecule has 2 aliphatic heterocycles. The highest BCUT2D eigenvalue weighted by Gasteiger charge is 2.31. The zero-order chi connectivity index (χ0) is 21.9. The molecule has 5 nitrogen and oxygen atoms in total. The van der Waals surface area contributed by atoms with E-state index < -0.39 is 0 Å². The molecule has 5 rings (SSSR count). The number of hydrogen-bond acceptors (Lipinski definition) is 4. The van der Waals surface area contributed by atoms with Gasteiger partial charge in [0, 0.05) is 43.2 Å². The van der Waals surface area contributed by atoms with E-state index in [9.17, 15) is 4.79 Å². The first-order valence-electron chi connectivity index (χ1n) is 11.7. The van der Waals surface area contributed by atoms with Crippen LogP contribution in [-0.2, 0) is 24.2 Å². The van der Waals surface area contributed by atoms with Gasteiger partial charge in [0.05, 0.1) is 0 Å². The number of likely N-dealkylation sites (tertiary alicyclic amines) is 1. The average molecular weight is 427 g/mol. The molecule has 2 aliphatic rings. The number of benzene rings is 2. The van der Waals surface area contributed by atoms with Gasteiger partial charge in [-0.15, -0.1) is 0 Å². The van der Waals surface area contributed by atoms with Crippen molar-refractivity contribution in [1.82, 2.24) is 14.9 Å². The SMILES string of the molecule is Cc1nc(C2CCN(Cc3ccccc3)C2)nc2c1CCC(=O)N2CCc1ccccc1. The molecule has 1 amide bonds. The molecule has 2 aromatic carbocycles. The van der Waals surface area contributed by atoms with Crippen LogP contribution in [0.3, 0.4) is 0 Å². The largest absolute Gasteiger partial charge is 0.298 e. The van der Waals surface area contributed by atoms with Gasteiger partial charge in [0.15, 0.2) is 0 Å². The molecule has 1 fully saturated rings. The highest BCUT2D eigenvalue weighted by atomic mass is 16.2. The van der Waals surface area contributed by atoms with Gasteiger partial charge in [-0.2, -0.15) is 0 Å². The van der Waals surface area contributed by atoms with Crippen molar-refractivity contribution >= 4 is 11.7 Å². The van der Waals surface area contributed by atoms with E-state index in [-0.39, 0.29) is 5.91 Å². The van der Waals surface area contributed by atoms with Crippen molar-refractivity contribution in [3.63, 3.8) is 0 Å². The Morgan fingerprint density at radius 3 is 2.41 bits per heavy atom. The monoisotopic (exact) mass is 426 g/mol. The summed E-state index contributed by atoms with van der Waals surface area (Å²) in [5.41, 5.74) is 4.75. The zero-order valence-corrected chi connectivity index (χ0v) is 18.7. The Labute approximate surface area is 190 Å². The van der Waals surface area contributed by atoms with Crippen LogP contribution in [0.15, 0.2) is 60.7 Å². The summed E-state index contributed by atoms with van der Waals surface area (Å²) < 4.78 is 0. The number of rotatable bonds is 6. The van der Waals surface area contributed by atoms with Crippen molar-refractivity contribution < 1.29 is 4.79 Å². The zero-order valence-electron chi connectivity index (χ0n) is 18.7. The van der Waals surface area contributed by atoms with Crippen LogP contribution in [0.1, 0.15) is 47.0 Å². The van der Waals surface area contributed by atoms with Crippen molar-refractivity contribution in [3.05, 3.63) is 88.9 Å². The lowest BCUT2D eigenvalue weighted by Gasteiger charge is -2.30. The molecule has 0 spiro atoms. The second-order valence-corrected chi connectivity index (χ2v) is 8.96. The Bertz CT molecular complexity index is 1080. The van der Waals surface area contributed by atoms with Crippen molar-refractivity contribution in [2.24, 2.45) is 0 Å². The minimum absolute atomic E-state index is 0.176. The van der Waals surface area contributed by atoms with Gasteiger partial charge in [0.2, 0.25) is 5.91 Å². The number of aryl methyl sites for hydroxylation is 1. The fraction of sp³-hybridized carbons (Fsp3) is 0.370. The maximum atomic E-state index is 12.8. The van der Waals surface area contributed by atoms with Crippen LogP contribution in [-0.4, -0.2) is 40.4 Å². The van der Waals surface area contributed by atoms with Gasteiger partial charge in [-0.3, -0.25) is 14.6 Å². The van der Waals surface area contributed by atoms with E-state index in [1.54, 1.807) is 0 Å². The third kappa shape index (κ3) is 4.44. The molecule has 1 saturated heterocycles. The molecule has 1 unspecified atom stereocenters. The molecule has 164 valence electrons. The van der Waals surface area contributed by atoms with E-state index in [1.807, 2.05) is 23.1 Å². The minimum atomic E-state index is 0.176. The van der Waals surface area contributed by atoms with E-state index in [0.717, 1.165) is 61.8 Å². The van der Waals surface area contributed by atoms with Gasteiger partial charge in [-0.25, -0.2) is 9.97 Å². The molecule has 1 atom stereocenters. The van der Waals surface area contributed by atoms with E-state index in [0.29, 0.717) is 18.9 Å². The average Bonchev–Trinajstić information content (AvgIpc) is 3.28. The van der Waals surface area contributed by atoms with Crippen LogP contribution < -0.4 is 4.90 Å². The molecule has 3 heterocycles. The predicted octanol–water partition coefficient (Wildman–Crippen LogP) is 4.30. The van der Waals surface area contributed by atoms with Crippen molar-refractivity contribution in [3.8, 4) is 0 Å².